The van der Waals surface area contributed by atoms with Gasteiger partial charge >= 0.3 is 11.6 Å². The second-order valence-corrected chi connectivity index (χ2v) is 9.24. The van der Waals surface area contributed by atoms with Crippen molar-refractivity contribution < 1.29 is 22.4 Å². The van der Waals surface area contributed by atoms with Gasteiger partial charge in [-0.25, -0.2) is 18.0 Å². The monoisotopic (exact) mass is 443 g/mol. The number of hydrogen-bond acceptors (Lipinski definition) is 6. The van der Waals surface area contributed by atoms with Crippen LogP contribution in [0.15, 0.2) is 50.5 Å². The van der Waals surface area contributed by atoms with E-state index in [2.05, 4.69) is 4.72 Å². The molecule has 0 amide bonds. The Kier molecular flexibility index (Phi) is 6.33. The average Bonchev–Trinajstić information content (AvgIpc) is 2.73. The number of rotatable bonds is 6. The number of benzene rings is 2. The molecule has 0 radical (unpaired) electrons. The molecule has 0 unspecified atom stereocenters. The second kappa shape index (κ2) is 8.64. The third kappa shape index (κ3) is 4.55. The van der Waals surface area contributed by atoms with Gasteiger partial charge in [0, 0.05) is 16.5 Å². The first-order valence-corrected chi connectivity index (χ1v) is 11.4. The maximum absolute atomic E-state index is 12.7. The van der Waals surface area contributed by atoms with E-state index in [0.717, 1.165) is 16.5 Å². The summed E-state index contributed by atoms with van der Waals surface area (Å²) in [7, 11) is -3.90. The van der Waals surface area contributed by atoms with Gasteiger partial charge in [0.1, 0.15) is 17.4 Å². The van der Waals surface area contributed by atoms with Crippen LogP contribution >= 0.6 is 0 Å². The van der Waals surface area contributed by atoms with Gasteiger partial charge in [0.2, 0.25) is 10.0 Å². The van der Waals surface area contributed by atoms with E-state index in [9.17, 15) is 18.0 Å². The number of ether oxygens (including phenoxy) is 1. The highest BCUT2D eigenvalue weighted by atomic mass is 32.2. The summed E-state index contributed by atoms with van der Waals surface area (Å²) in [6.07, 6.45) is 0.198. The zero-order valence-corrected chi connectivity index (χ0v) is 18.9. The molecule has 0 bridgehead atoms. The van der Waals surface area contributed by atoms with Gasteiger partial charge in [-0.05, 0) is 63.9 Å². The minimum Gasteiger partial charge on any atom is -0.425 e. The van der Waals surface area contributed by atoms with E-state index in [4.69, 9.17) is 9.15 Å². The number of hydrogen-bond donors (Lipinski definition) is 1. The van der Waals surface area contributed by atoms with Gasteiger partial charge < -0.3 is 9.15 Å². The van der Waals surface area contributed by atoms with Crippen LogP contribution in [-0.4, -0.2) is 20.4 Å². The Labute approximate surface area is 181 Å². The van der Waals surface area contributed by atoms with Crippen LogP contribution < -0.4 is 15.1 Å². The third-order valence-electron chi connectivity index (χ3n) is 5.36. The fourth-order valence-electron chi connectivity index (χ4n) is 3.19. The number of fused-ring (bicyclic) bond motifs is 1. The van der Waals surface area contributed by atoms with Crippen molar-refractivity contribution in [2.45, 2.75) is 52.0 Å². The Balaban J connectivity index is 1.88. The zero-order chi connectivity index (χ0) is 22.9. The SMILES string of the molecule is CC[C@H](NS(=O)(=O)c1ccc(C)cc1)C(=O)Oc1ccc2c(C)c(C)c(=O)oc2c1C. The van der Waals surface area contributed by atoms with Crippen LogP contribution in [0.3, 0.4) is 0 Å². The molecule has 0 saturated heterocycles. The average molecular weight is 444 g/mol. The minimum absolute atomic E-state index is 0.0684. The fraction of sp³-hybridized carbons (Fsp3) is 0.304. The molecule has 164 valence electrons. The van der Waals surface area contributed by atoms with Crippen molar-refractivity contribution in [1.82, 2.24) is 4.72 Å². The molecule has 3 aromatic rings. The molecule has 0 aliphatic carbocycles. The molecular formula is C23H25NO6S. The Hall–Kier alpha value is -2.97. The summed E-state index contributed by atoms with van der Waals surface area (Å²) in [5.41, 5.74) is 2.62. The van der Waals surface area contributed by atoms with E-state index in [1.165, 1.54) is 12.1 Å². The number of aryl methyl sites for hydroxylation is 3. The molecule has 0 saturated carbocycles. The lowest BCUT2D eigenvalue weighted by Crippen LogP contribution is -2.42. The maximum atomic E-state index is 12.7. The minimum atomic E-state index is -3.90. The van der Waals surface area contributed by atoms with Crippen molar-refractivity contribution in [2.75, 3.05) is 0 Å². The number of nitrogens with one attached hydrogen (secondary N) is 1. The molecule has 1 aromatic heterocycles. The molecule has 0 spiro atoms. The summed E-state index contributed by atoms with van der Waals surface area (Å²) in [6.45, 7) is 8.73. The summed E-state index contributed by atoms with van der Waals surface area (Å²) in [5, 5.41) is 0.751. The van der Waals surface area contributed by atoms with Gasteiger partial charge in [-0.3, -0.25) is 0 Å². The molecule has 8 heteroatoms. The zero-order valence-electron chi connectivity index (χ0n) is 18.1. The van der Waals surface area contributed by atoms with E-state index in [0.29, 0.717) is 16.7 Å². The van der Waals surface area contributed by atoms with Crippen molar-refractivity contribution in [3.05, 3.63) is 69.1 Å². The van der Waals surface area contributed by atoms with Crippen molar-refractivity contribution in [1.29, 1.82) is 0 Å². The first-order chi connectivity index (χ1) is 14.5. The van der Waals surface area contributed by atoms with Crippen molar-refractivity contribution in [3.63, 3.8) is 0 Å². The van der Waals surface area contributed by atoms with Crippen LogP contribution in [0.25, 0.3) is 11.0 Å². The Bertz CT molecular complexity index is 1310. The number of carbonyl (C=O) groups is 1. The van der Waals surface area contributed by atoms with Gasteiger partial charge in [0.05, 0.1) is 4.90 Å². The number of esters is 1. The number of sulfonamides is 1. The van der Waals surface area contributed by atoms with Crippen LogP contribution in [0, 0.1) is 27.7 Å². The molecule has 1 heterocycles. The van der Waals surface area contributed by atoms with E-state index >= 15 is 0 Å². The molecule has 31 heavy (non-hydrogen) atoms. The molecule has 3 rings (SSSR count). The van der Waals surface area contributed by atoms with E-state index in [1.54, 1.807) is 45.0 Å². The molecule has 7 nitrogen and oxygen atoms in total. The second-order valence-electron chi connectivity index (χ2n) is 7.52. The van der Waals surface area contributed by atoms with Crippen molar-refractivity contribution >= 4 is 27.0 Å². The smallest absolute Gasteiger partial charge is 0.339 e. The van der Waals surface area contributed by atoms with Crippen molar-refractivity contribution in [2.24, 2.45) is 0 Å². The van der Waals surface area contributed by atoms with Gasteiger partial charge in [0.15, 0.2) is 0 Å². The fourth-order valence-corrected chi connectivity index (χ4v) is 4.45. The summed E-state index contributed by atoms with van der Waals surface area (Å²) in [6, 6.07) is 8.59. The van der Waals surface area contributed by atoms with Gasteiger partial charge in [-0.1, -0.05) is 24.6 Å². The molecule has 0 aliphatic heterocycles. The summed E-state index contributed by atoms with van der Waals surface area (Å²) < 4.78 is 38.6. The molecule has 0 aliphatic rings. The lowest BCUT2D eigenvalue weighted by Gasteiger charge is -2.17. The predicted octanol–water partition coefficient (Wildman–Crippen LogP) is 3.69. The summed E-state index contributed by atoms with van der Waals surface area (Å²) in [5.74, 6) is -0.538. The highest BCUT2D eigenvalue weighted by Crippen LogP contribution is 2.29. The standard InChI is InChI=1S/C23H25NO6S/c1-6-19(24-31(27,28)17-9-7-13(2)8-10-17)23(26)29-20-12-11-18-14(3)15(4)22(25)30-21(18)16(20)5/h7-12,19,24H,6H2,1-5H3/t19-/m0/s1. The van der Waals surface area contributed by atoms with Crippen LogP contribution in [0.1, 0.15) is 35.6 Å². The molecule has 0 fully saturated rings. The molecule has 2 aromatic carbocycles. The van der Waals surface area contributed by atoms with Crippen LogP contribution in [0.4, 0.5) is 0 Å². The number of carbonyl (C=O) groups excluding carboxylic acids is 1. The predicted molar refractivity (Wildman–Crippen MR) is 118 cm³/mol. The van der Waals surface area contributed by atoms with Gasteiger partial charge in [-0.2, -0.15) is 4.72 Å². The van der Waals surface area contributed by atoms with Gasteiger partial charge in [0.25, 0.3) is 0 Å². The van der Waals surface area contributed by atoms with Gasteiger partial charge in [-0.15, -0.1) is 0 Å². The maximum Gasteiger partial charge on any atom is 0.339 e. The van der Waals surface area contributed by atoms with E-state index < -0.39 is 27.7 Å². The first kappa shape index (κ1) is 22.7. The highest BCUT2D eigenvalue weighted by molar-refractivity contribution is 7.89. The first-order valence-electron chi connectivity index (χ1n) is 9.89. The molecule has 1 atom stereocenters. The molecular weight excluding hydrogens is 418 g/mol. The topological polar surface area (TPSA) is 103 Å². The Morgan fingerprint density at radius 2 is 1.65 bits per heavy atom. The largest absolute Gasteiger partial charge is 0.425 e. The van der Waals surface area contributed by atoms with Crippen LogP contribution in [0.2, 0.25) is 0 Å². The lowest BCUT2D eigenvalue weighted by atomic mass is 10.0. The lowest BCUT2D eigenvalue weighted by molar-refractivity contribution is -0.136. The van der Waals surface area contributed by atoms with E-state index in [-0.39, 0.29) is 17.1 Å². The Morgan fingerprint density at radius 3 is 2.26 bits per heavy atom. The third-order valence-corrected chi connectivity index (χ3v) is 6.84. The van der Waals surface area contributed by atoms with E-state index in [1.807, 2.05) is 13.8 Å². The van der Waals surface area contributed by atoms with Crippen LogP contribution in [0.5, 0.6) is 5.75 Å². The van der Waals surface area contributed by atoms with Crippen LogP contribution in [-0.2, 0) is 14.8 Å². The summed E-state index contributed by atoms with van der Waals surface area (Å²) in [4.78, 5) is 24.9. The summed E-state index contributed by atoms with van der Waals surface area (Å²) >= 11 is 0. The Morgan fingerprint density at radius 1 is 1.00 bits per heavy atom. The molecule has 1 N–H and O–H groups in total. The normalized spacial score (nSPS) is 12.7. The quantitative estimate of drug-likeness (QED) is 0.354. The highest BCUT2D eigenvalue weighted by Gasteiger charge is 2.27. The van der Waals surface area contributed by atoms with Crippen molar-refractivity contribution in [3.8, 4) is 5.75 Å².